The Labute approximate surface area is 110 Å². The summed E-state index contributed by atoms with van der Waals surface area (Å²) in [5, 5.41) is 6.95. The lowest BCUT2D eigenvalue weighted by atomic mass is 10.1. The van der Waals surface area contributed by atoms with Gasteiger partial charge in [-0.1, -0.05) is 6.92 Å². The van der Waals surface area contributed by atoms with E-state index < -0.39 is 0 Å². The number of aromatic amines is 1. The normalized spacial score (nSPS) is 18.9. The summed E-state index contributed by atoms with van der Waals surface area (Å²) in [5.74, 6) is 0.731. The summed E-state index contributed by atoms with van der Waals surface area (Å²) in [7, 11) is 0. The molecule has 4 heteroatoms. The van der Waals surface area contributed by atoms with E-state index in [1.807, 2.05) is 6.20 Å². The maximum Gasteiger partial charge on any atom is 0.0107 e. The van der Waals surface area contributed by atoms with Crippen molar-refractivity contribution < 1.29 is 0 Å². The van der Waals surface area contributed by atoms with Gasteiger partial charge in [0.15, 0.2) is 0 Å². The summed E-state index contributed by atoms with van der Waals surface area (Å²) >= 11 is 0. The molecule has 1 unspecified atom stereocenters. The lowest BCUT2D eigenvalue weighted by molar-refractivity contribution is 0.209. The van der Waals surface area contributed by atoms with Crippen LogP contribution >= 0.6 is 0 Å². The first kappa shape index (κ1) is 13.6. The third-order valence-electron chi connectivity index (χ3n) is 3.53. The molecule has 0 spiro atoms. The zero-order chi connectivity index (χ0) is 12.6. The summed E-state index contributed by atoms with van der Waals surface area (Å²) in [6.07, 6.45) is 5.18. The molecule has 0 bridgehead atoms. The number of hydrogen-bond acceptors (Lipinski definition) is 3. The molecule has 1 aliphatic heterocycles. The molecule has 0 aromatic carbocycles. The SMILES string of the molecule is CC(CNCCc1cc[nH]c1)CN1CCNCC1. The van der Waals surface area contributed by atoms with E-state index in [1.165, 1.54) is 25.2 Å². The van der Waals surface area contributed by atoms with Crippen LogP contribution in [0.4, 0.5) is 0 Å². The molecule has 102 valence electrons. The number of nitrogens with one attached hydrogen (secondary N) is 3. The van der Waals surface area contributed by atoms with Gasteiger partial charge in [-0.2, -0.15) is 0 Å². The van der Waals surface area contributed by atoms with E-state index in [1.54, 1.807) is 0 Å². The molecule has 0 saturated carbocycles. The van der Waals surface area contributed by atoms with Gasteiger partial charge in [-0.15, -0.1) is 0 Å². The Balaban J connectivity index is 1.52. The molecule has 0 amide bonds. The molecule has 0 aliphatic carbocycles. The summed E-state index contributed by atoms with van der Waals surface area (Å²) in [6.45, 7) is 10.4. The van der Waals surface area contributed by atoms with Crippen LogP contribution in [-0.2, 0) is 6.42 Å². The second-order valence-corrected chi connectivity index (χ2v) is 5.33. The molecule has 1 atom stereocenters. The van der Waals surface area contributed by atoms with Gasteiger partial charge in [-0.05, 0) is 37.1 Å². The number of rotatable bonds is 7. The minimum absolute atomic E-state index is 0.731. The number of nitrogens with zero attached hydrogens (tertiary/aromatic N) is 1. The maximum atomic E-state index is 3.56. The van der Waals surface area contributed by atoms with Crippen LogP contribution in [0.25, 0.3) is 0 Å². The van der Waals surface area contributed by atoms with Gasteiger partial charge >= 0.3 is 0 Å². The van der Waals surface area contributed by atoms with E-state index in [2.05, 4.69) is 39.7 Å². The highest BCUT2D eigenvalue weighted by molar-refractivity contribution is 5.08. The van der Waals surface area contributed by atoms with E-state index in [9.17, 15) is 0 Å². The largest absolute Gasteiger partial charge is 0.367 e. The fourth-order valence-electron chi connectivity index (χ4n) is 2.49. The van der Waals surface area contributed by atoms with Gasteiger partial charge in [-0.3, -0.25) is 0 Å². The highest BCUT2D eigenvalue weighted by Gasteiger charge is 2.12. The first-order valence-electron chi connectivity index (χ1n) is 7.10. The van der Waals surface area contributed by atoms with Crippen LogP contribution in [0.15, 0.2) is 18.5 Å². The van der Waals surface area contributed by atoms with Crippen LogP contribution in [0, 0.1) is 5.92 Å². The molecule has 1 saturated heterocycles. The number of hydrogen-bond donors (Lipinski definition) is 3. The third-order valence-corrected chi connectivity index (χ3v) is 3.53. The van der Waals surface area contributed by atoms with E-state index in [0.29, 0.717) is 0 Å². The highest BCUT2D eigenvalue weighted by atomic mass is 15.2. The molecule has 1 fully saturated rings. The Morgan fingerprint density at radius 2 is 2.22 bits per heavy atom. The van der Waals surface area contributed by atoms with Crippen LogP contribution in [0.2, 0.25) is 0 Å². The Hall–Kier alpha value is -0.840. The van der Waals surface area contributed by atoms with E-state index in [0.717, 1.165) is 38.5 Å². The van der Waals surface area contributed by atoms with Crippen LogP contribution < -0.4 is 10.6 Å². The van der Waals surface area contributed by atoms with E-state index in [-0.39, 0.29) is 0 Å². The molecule has 18 heavy (non-hydrogen) atoms. The zero-order valence-corrected chi connectivity index (χ0v) is 11.4. The molecule has 2 heterocycles. The maximum absolute atomic E-state index is 3.56. The first-order chi connectivity index (χ1) is 8.84. The van der Waals surface area contributed by atoms with Crippen LogP contribution in [-0.4, -0.2) is 55.7 Å². The third kappa shape index (κ3) is 4.80. The molecule has 1 aliphatic rings. The van der Waals surface area contributed by atoms with Gasteiger partial charge < -0.3 is 20.5 Å². The summed E-state index contributed by atoms with van der Waals surface area (Å²) in [4.78, 5) is 5.66. The smallest absolute Gasteiger partial charge is 0.0107 e. The van der Waals surface area contributed by atoms with Crippen molar-refractivity contribution in [2.45, 2.75) is 13.3 Å². The second-order valence-electron chi connectivity index (χ2n) is 5.33. The Morgan fingerprint density at radius 1 is 1.39 bits per heavy atom. The van der Waals surface area contributed by atoms with Gasteiger partial charge in [-0.25, -0.2) is 0 Å². The van der Waals surface area contributed by atoms with Gasteiger partial charge in [0.05, 0.1) is 0 Å². The van der Waals surface area contributed by atoms with Crippen molar-refractivity contribution in [1.29, 1.82) is 0 Å². The lowest BCUT2D eigenvalue weighted by Gasteiger charge is -2.29. The summed E-state index contributed by atoms with van der Waals surface area (Å²) in [5.41, 5.74) is 1.39. The molecule has 2 rings (SSSR count). The van der Waals surface area contributed by atoms with Crippen molar-refractivity contribution in [2.24, 2.45) is 5.92 Å². The molecular weight excluding hydrogens is 224 g/mol. The Kier molecular flexibility index (Phi) is 5.71. The fourth-order valence-corrected chi connectivity index (χ4v) is 2.49. The number of H-pyrrole nitrogens is 1. The predicted molar refractivity (Wildman–Crippen MR) is 75.8 cm³/mol. The minimum atomic E-state index is 0.731. The predicted octanol–water partition coefficient (Wildman–Crippen LogP) is 0.688. The van der Waals surface area contributed by atoms with Crippen molar-refractivity contribution in [1.82, 2.24) is 20.5 Å². The van der Waals surface area contributed by atoms with Gasteiger partial charge in [0, 0.05) is 45.1 Å². The van der Waals surface area contributed by atoms with Crippen molar-refractivity contribution in [3.05, 3.63) is 24.0 Å². The van der Waals surface area contributed by atoms with Crippen molar-refractivity contribution >= 4 is 0 Å². The number of piperazine rings is 1. The molecule has 3 N–H and O–H groups in total. The van der Waals surface area contributed by atoms with Crippen LogP contribution in [0.5, 0.6) is 0 Å². The average molecular weight is 250 g/mol. The first-order valence-corrected chi connectivity index (χ1v) is 7.10. The Morgan fingerprint density at radius 3 is 2.94 bits per heavy atom. The highest BCUT2D eigenvalue weighted by Crippen LogP contribution is 2.01. The average Bonchev–Trinajstić information content (AvgIpc) is 2.89. The van der Waals surface area contributed by atoms with Crippen molar-refractivity contribution in [3.63, 3.8) is 0 Å². The molecular formula is C14H26N4. The Bertz CT molecular complexity index is 304. The monoisotopic (exact) mass is 250 g/mol. The minimum Gasteiger partial charge on any atom is -0.367 e. The fraction of sp³-hybridized carbons (Fsp3) is 0.714. The number of aromatic nitrogens is 1. The standard InChI is InChI=1S/C14H26N4/c1-13(12-18-8-6-15-7-9-18)10-16-4-2-14-3-5-17-11-14/h3,5,11,13,15-17H,2,4,6-10,12H2,1H3. The van der Waals surface area contributed by atoms with E-state index >= 15 is 0 Å². The lowest BCUT2D eigenvalue weighted by Crippen LogP contribution is -2.46. The van der Waals surface area contributed by atoms with Crippen LogP contribution in [0.1, 0.15) is 12.5 Å². The molecule has 4 nitrogen and oxygen atoms in total. The van der Waals surface area contributed by atoms with Gasteiger partial charge in [0.1, 0.15) is 0 Å². The summed E-state index contributed by atoms with van der Waals surface area (Å²) in [6, 6.07) is 2.14. The molecule has 1 aromatic rings. The van der Waals surface area contributed by atoms with E-state index in [4.69, 9.17) is 0 Å². The zero-order valence-electron chi connectivity index (χ0n) is 11.4. The topological polar surface area (TPSA) is 43.1 Å². The van der Waals surface area contributed by atoms with Gasteiger partial charge in [0.25, 0.3) is 0 Å². The summed E-state index contributed by atoms with van der Waals surface area (Å²) < 4.78 is 0. The van der Waals surface area contributed by atoms with Crippen molar-refractivity contribution in [2.75, 3.05) is 45.8 Å². The van der Waals surface area contributed by atoms with Crippen molar-refractivity contribution in [3.8, 4) is 0 Å². The molecule has 1 aromatic heterocycles. The quantitative estimate of drug-likeness (QED) is 0.624. The van der Waals surface area contributed by atoms with Crippen LogP contribution in [0.3, 0.4) is 0 Å². The molecule has 0 radical (unpaired) electrons. The van der Waals surface area contributed by atoms with Gasteiger partial charge in [0.2, 0.25) is 0 Å². The second kappa shape index (κ2) is 7.56.